The number of pyridine rings is 1. The van der Waals surface area contributed by atoms with Crippen molar-refractivity contribution in [1.82, 2.24) is 4.98 Å². The number of nitrogens with one attached hydrogen (secondary N) is 1. The monoisotopic (exact) mass is 285 g/mol. The molecule has 100 valence electrons. The van der Waals surface area contributed by atoms with Gasteiger partial charge in [-0.2, -0.15) is 0 Å². The van der Waals surface area contributed by atoms with E-state index < -0.39 is 0 Å². The maximum absolute atomic E-state index is 11.6. The Morgan fingerprint density at radius 2 is 1.80 bits per heavy atom. The molecule has 0 atom stereocenters. The third kappa shape index (κ3) is 2.68. The predicted molar refractivity (Wildman–Crippen MR) is 80.4 cm³/mol. The summed E-state index contributed by atoms with van der Waals surface area (Å²) in [5.74, 6) is 0.721. The molecule has 2 aromatic carbocycles. The van der Waals surface area contributed by atoms with Gasteiger partial charge in [-0.15, -0.1) is 0 Å². The zero-order valence-electron chi connectivity index (χ0n) is 10.6. The molecule has 0 saturated heterocycles. The van der Waals surface area contributed by atoms with Crippen molar-refractivity contribution in [2.24, 2.45) is 0 Å². The Hall–Kier alpha value is -2.26. The summed E-state index contributed by atoms with van der Waals surface area (Å²) in [5, 5.41) is 1.65. The Morgan fingerprint density at radius 3 is 2.60 bits per heavy atom. The topological polar surface area (TPSA) is 42.1 Å². The third-order valence-corrected chi connectivity index (χ3v) is 3.30. The number of aromatic amines is 1. The Bertz CT molecular complexity index is 793. The Morgan fingerprint density at radius 1 is 1.05 bits per heavy atom. The third-order valence-electron chi connectivity index (χ3n) is 3.04. The predicted octanol–water partition coefficient (Wildman–Crippen LogP) is 3.76. The molecule has 20 heavy (non-hydrogen) atoms. The van der Waals surface area contributed by atoms with Crippen LogP contribution in [0.4, 0.5) is 0 Å². The highest BCUT2D eigenvalue weighted by Gasteiger charge is 2.04. The van der Waals surface area contributed by atoms with E-state index in [0.717, 1.165) is 22.2 Å². The molecule has 0 saturated carbocycles. The molecule has 0 aliphatic rings. The largest absolute Gasteiger partial charge is 0.489 e. The van der Waals surface area contributed by atoms with Crippen LogP contribution < -0.4 is 10.3 Å². The van der Waals surface area contributed by atoms with E-state index in [2.05, 4.69) is 4.98 Å². The molecular formula is C16H12ClNO2. The van der Waals surface area contributed by atoms with Crippen LogP contribution in [0.15, 0.2) is 59.4 Å². The average Bonchev–Trinajstić information content (AvgIpc) is 2.46. The van der Waals surface area contributed by atoms with Crippen LogP contribution in [0.3, 0.4) is 0 Å². The number of benzene rings is 2. The zero-order valence-corrected chi connectivity index (χ0v) is 11.4. The van der Waals surface area contributed by atoms with Crippen LogP contribution in [0.25, 0.3) is 10.9 Å². The van der Waals surface area contributed by atoms with Gasteiger partial charge < -0.3 is 9.72 Å². The Labute approximate surface area is 120 Å². The van der Waals surface area contributed by atoms with Gasteiger partial charge in [-0.05, 0) is 30.3 Å². The van der Waals surface area contributed by atoms with E-state index in [1.807, 2.05) is 24.3 Å². The first-order chi connectivity index (χ1) is 9.72. The number of aromatic nitrogens is 1. The van der Waals surface area contributed by atoms with Gasteiger partial charge in [-0.1, -0.05) is 29.8 Å². The summed E-state index contributed by atoms with van der Waals surface area (Å²) in [6, 6.07) is 16.4. The van der Waals surface area contributed by atoms with Gasteiger partial charge in [0.05, 0.1) is 0 Å². The number of halogens is 1. The lowest BCUT2D eigenvalue weighted by molar-refractivity contribution is 0.307. The van der Waals surface area contributed by atoms with E-state index in [4.69, 9.17) is 16.3 Å². The standard InChI is InChI=1S/C16H12ClNO2/c17-12-5-7-13(8-6-12)20-10-11-9-16(19)18-15-4-2-1-3-14(11)15/h1-9H,10H2,(H,18,19). The van der Waals surface area contributed by atoms with Gasteiger partial charge in [0.1, 0.15) is 12.4 Å². The molecule has 0 aliphatic carbocycles. The van der Waals surface area contributed by atoms with Crippen LogP contribution in [0.2, 0.25) is 5.02 Å². The Kier molecular flexibility index (Phi) is 3.44. The van der Waals surface area contributed by atoms with E-state index in [0.29, 0.717) is 11.6 Å². The summed E-state index contributed by atoms with van der Waals surface area (Å²) in [6.45, 7) is 0.339. The first kappa shape index (κ1) is 12.8. The van der Waals surface area contributed by atoms with Crippen LogP contribution in [-0.2, 0) is 6.61 Å². The molecule has 0 fully saturated rings. The lowest BCUT2D eigenvalue weighted by atomic mass is 10.1. The summed E-state index contributed by atoms with van der Waals surface area (Å²) in [6.07, 6.45) is 0. The minimum atomic E-state index is -0.126. The molecule has 1 aromatic heterocycles. The summed E-state index contributed by atoms with van der Waals surface area (Å²) in [4.78, 5) is 14.4. The van der Waals surface area contributed by atoms with E-state index in [-0.39, 0.29) is 5.56 Å². The molecule has 4 heteroatoms. The minimum absolute atomic E-state index is 0.126. The fourth-order valence-corrected chi connectivity index (χ4v) is 2.21. The average molecular weight is 286 g/mol. The smallest absolute Gasteiger partial charge is 0.248 e. The summed E-state index contributed by atoms with van der Waals surface area (Å²) in [5.41, 5.74) is 1.55. The second kappa shape index (κ2) is 5.39. The first-order valence-electron chi connectivity index (χ1n) is 6.22. The summed E-state index contributed by atoms with van der Waals surface area (Å²) < 4.78 is 5.70. The van der Waals surface area contributed by atoms with Gasteiger partial charge in [-0.25, -0.2) is 0 Å². The van der Waals surface area contributed by atoms with Crippen molar-refractivity contribution < 1.29 is 4.74 Å². The number of rotatable bonds is 3. The molecular weight excluding hydrogens is 274 g/mol. The molecule has 3 rings (SSSR count). The molecule has 0 bridgehead atoms. The van der Waals surface area contributed by atoms with Gasteiger partial charge in [0.15, 0.2) is 0 Å². The molecule has 0 aliphatic heterocycles. The quantitative estimate of drug-likeness (QED) is 0.796. The lowest BCUT2D eigenvalue weighted by Crippen LogP contribution is -2.08. The van der Waals surface area contributed by atoms with Gasteiger partial charge >= 0.3 is 0 Å². The van der Waals surface area contributed by atoms with Crippen molar-refractivity contribution in [2.75, 3.05) is 0 Å². The van der Waals surface area contributed by atoms with Gasteiger partial charge in [0.2, 0.25) is 5.56 Å². The second-order valence-corrected chi connectivity index (χ2v) is 4.88. The molecule has 0 spiro atoms. The molecule has 0 unspecified atom stereocenters. The second-order valence-electron chi connectivity index (χ2n) is 4.45. The maximum atomic E-state index is 11.6. The maximum Gasteiger partial charge on any atom is 0.248 e. The first-order valence-corrected chi connectivity index (χ1v) is 6.59. The number of para-hydroxylation sites is 1. The van der Waals surface area contributed by atoms with Gasteiger partial charge in [-0.3, -0.25) is 4.79 Å². The van der Waals surface area contributed by atoms with E-state index >= 15 is 0 Å². The van der Waals surface area contributed by atoms with E-state index in [9.17, 15) is 4.79 Å². The van der Waals surface area contributed by atoms with Gasteiger partial charge in [0.25, 0.3) is 0 Å². The number of fused-ring (bicyclic) bond motifs is 1. The summed E-state index contributed by atoms with van der Waals surface area (Å²) in [7, 11) is 0. The number of ether oxygens (including phenoxy) is 1. The SMILES string of the molecule is O=c1cc(COc2ccc(Cl)cc2)c2ccccc2[nH]1. The van der Waals surface area contributed by atoms with Crippen LogP contribution in [0.5, 0.6) is 5.75 Å². The number of hydrogen-bond donors (Lipinski definition) is 1. The highest BCUT2D eigenvalue weighted by molar-refractivity contribution is 6.30. The number of H-pyrrole nitrogens is 1. The molecule has 0 amide bonds. The van der Waals surface area contributed by atoms with Crippen molar-refractivity contribution >= 4 is 22.5 Å². The van der Waals surface area contributed by atoms with E-state index in [1.54, 1.807) is 30.3 Å². The molecule has 3 aromatic rings. The fraction of sp³-hybridized carbons (Fsp3) is 0.0625. The van der Waals surface area contributed by atoms with Crippen molar-refractivity contribution in [1.29, 1.82) is 0 Å². The van der Waals surface area contributed by atoms with Crippen LogP contribution in [0.1, 0.15) is 5.56 Å². The van der Waals surface area contributed by atoms with Crippen molar-refractivity contribution in [3.05, 3.63) is 75.5 Å². The highest BCUT2D eigenvalue weighted by Crippen LogP contribution is 2.19. The van der Waals surface area contributed by atoms with Crippen molar-refractivity contribution in [3.8, 4) is 5.75 Å². The molecule has 0 radical (unpaired) electrons. The fourth-order valence-electron chi connectivity index (χ4n) is 2.09. The van der Waals surface area contributed by atoms with E-state index in [1.165, 1.54) is 0 Å². The van der Waals surface area contributed by atoms with Crippen LogP contribution in [-0.4, -0.2) is 4.98 Å². The van der Waals surface area contributed by atoms with Crippen molar-refractivity contribution in [3.63, 3.8) is 0 Å². The number of hydrogen-bond acceptors (Lipinski definition) is 2. The molecule has 1 N–H and O–H groups in total. The van der Waals surface area contributed by atoms with Gasteiger partial charge in [0, 0.05) is 27.6 Å². The Balaban J connectivity index is 1.90. The zero-order chi connectivity index (χ0) is 13.9. The lowest BCUT2D eigenvalue weighted by Gasteiger charge is -2.08. The molecule has 1 heterocycles. The minimum Gasteiger partial charge on any atom is -0.489 e. The van der Waals surface area contributed by atoms with Crippen LogP contribution >= 0.6 is 11.6 Å². The van der Waals surface area contributed by atoms with Crippen molar-refractivity contribution in [2.45, 2.75) is 6.61 Å². The summed E-state index contributed by atoms with van der Waals surface area (Å²) >= 11 is 5.83. The normalized spacial score (nSPS) is 10.7. The van der Waals surface area contributed by atoms with Crippen LogP contribution in [0, 0.1) is 0 Å². The highest BCUT2D eigenvalue weighted by atomic mass is 35.5. The molecule has 3 nitrogen and oxygen atoms in total.